The number of rotatable bonds is 2. The number of benzene rings is 1. The number of nitrogens with zero attached hydrogens (tertiary/aromatic N) is 1. The third-order valence-electron chi connectivity index (χ3n) is 2.06. The minimum Gasteiger partial charge on any atom is -0.284 e. The molecule has 5 heteroatoms. The van der Waals surface area contributed by atoms with E-state index in [1.807, 2.05) is 0 Å². The summed E-state index contributed by atoms with van der Waals surface area (Å²) in [7, 11) is 1.43. The van der Waals surface area contributed by atoms with Crippen molar-refractivity contribution >= 4 is 17.5 Å². The Bertz CT molecular complexity index is 393. The topological polar surface area (TPSA) is 46.3 Å². The van der Waals surface area contributed by atoms with E-state index < -0.39 is 0 Å². The second-order valence-corrected chi connectivity index (χ2v) is 3.78. The SMILES string of the molecule is Cc1cc(Cl)c(CC(=O)N(C)N)cc1F. The Balaban J connectivity index is 2.96. The summed E-state index contributed by atoms with van der Waals surface area (Å²) in [6, 6.07) is 2.76. The second kappa shape index (κ2) is 4.59. The number of aryl methyl sites for hydroxylation is 1. The lowest BCUT2D eigenvalue weighted by atomic mass is 10.1. The fraction of sp³-hybridized carbons (Fsp3) is 0.300. The molecular formula is C10H12ClFN2O. The van der Waals surface area contributed by atoms with Crippen LogP contribution in [0.3, 0.4) is 0 Å². The highest BCUT2D eigenvalue weighted by atomic mass is 35.5. The van der Waals surface area contributed by atoms with Crippen molar-refractivity contribution in [2.45, 2.75) is 13.3 Å². The molecule has 1 amide bonds. The molecule has 1 aromatic carbocycles. The van der Waals surface area contributed by atoms with Crippen LogP contribution in [0.15, 0.2) is 12.1 Å². The molecule has 0 heterocycles. The van der Waals surface area contributed by atoms with Crippen molar-refractivity contribution in [2.75, 3.05) is 7.05 Å². The number of nitrogens with two attached hydrogens (primary N) is 1. The van der Waals surface area contributed by atoms with Gasteiger partial charge in [-0.2, -0.15) is 0 Å². The van der Waals surface area contributed by atoms with Gasteiger partial charge >= 0.3 is 0 Å². The Morgan fingerprint density at radius 1 is 1.60 bits per heavy atom. The first kappa shape index (κ1) is 11.9. The first-order chi connectivity index (χ1) is 6.91. The number of carbonyl (C=O) groups is 1. The number of hydrazine groups is 1. The largest absolute Gasteiger partial charge is 0.284 e. The van der Waals surface area contributed by atoms with E-state index in [1.54, 1.807) is 6.92 Å². The molecule has 0 aliphatic rings. The molecule has 1 aromatic rings. The van der Waals surface area contributed by atoms with Gasteiger partial charge in [0.2, 0.25) is 5.91 Å². The normalized spacial score (nSPS) is 10.2. The Morgan fingerprint density at radius 3 is 2.73 bits per heavy atom. The van der Waals surface area contributed by atoms with Gasteiger partial charge in [0.15, 0.2) is 0 Å². The van der Waals surface area contributed by atoms with Crippen molar-refractivity contribution in [1.29, 1.82) is 0 Å². The summed E-state index contributed by atoms with van der Waals surface area (Å²) in [5.41, 5.74) is 0.902. The fourth-order valence-corrected chi connectivity index (χ4v) is 1.40. The predicted molar refractivity (Wildman–Crippen MR) is 56.8 cm³/mol. The maximum atomic E-state index is 13.2. The van der Waals surface area contributed by atoms with Crippen molar-refractivity contribution in [3.05, 3.63) is 34.1 Å². The van der Waals surface area contributed by atoms with Gasteiger partial charge in [0, 0.05) is 12.1 Å². The highest BCUT2D eigenvalue weighted by molar-refractivity contribution is 6.31. The summed E-state index contributed by atoms with van der Waals surface area (Å²) < 4.78 is 13.2. The maximum Gasteiger partial charge on any atom is 0.240 e. The van der Waals surface area contributed by atoms with Crippen LogP contribution in [0, 0.1) is 12.7 Å². The van der Waals surface area contributed by atoms with Gasteiger partial charge in [-0.1, -0.05) is 11.6 Å². The van der Waals surface area contributed by atoms with Crippen LogP contribution in [0.1, 0.15) is 11.1 Å². The lowest BCUT2D eigenvalue weighted by molar-refractivity contribution is -0.129. The molecule has 0 saturated carbocycles. The number of hydrogen-bond acceptors (Lipinski definition) is 2. The molecule has 0 aliphatic carbocycles. The molecule has 2 N–H and O–H groups in total. The summed E-state index contributed by atoms with van der Waals surface area (Å²) in [5.74, 6) is 4.56. The number of carbonyl (C=O) groups excluding carboxylic acids is 1. The first-order valence-electron chi connectivity index (χ1n) is 4.37. The molecule has 3 nitrogen and oxygen atoms in total. The van der Waals surface area contributed by atoms with Crippen molar-refractivity contribution in [1.82, 2.24) is 5.01 Å². The van der Waals surface area contributed by atoms with E-state index >= 15 is 0 Å². The average Bonchev–Trinajstić information content (AvgIpc) is 2.13. The summed E-state index contributed by atoms with van der Waals surface area (Å²) >= 11 is 5.87. The summed E-state index contributed by atoms with van der Waals surface area (Å²) in [4.78, 5) is 11.3. The van der Waals surface area contributed by atoms with Crippen molar-refractivity contribution in [3.63, 3.8) is 0 Å². The van der Waals surface area contributed by atoms with E-state index in [4.69, 9.17) is 17.4 Å². The average molecular weight is 231 g/mol. The zero-order valence-corrected chi connectivity index (χ0v) is 9.31. The Kier molecular flexibility index (Phi) is 3.66. The predicted octanol–water partition coefficient (Wildman–Crippen LogP) is 1.66. The second-order valence-electron chi connectivity index (χ2n) is 3.37. The first-order valence-corrected chi connectivity index (χ1v) is 4.75. The van der Waals surface area contributed by atoms with Gasteiger partial charge in [-0.25, -0.2) is 10.2 Å². The smallest absolute Gasteiger partial charge is 0.240 e. The maximum absolute atomic E-state index is 13.2. The molecular weight excluding hydrogens is 219 g/mol. The summed E-state index contributed by atoms with van der Waals surface area (Å²) in [6.45, 7) is 1.61. The summed E-state index contributed by atoms with van der Waals surface area (Å²) in [6.07, 6.45) is 0.00301. The molecule has 0 aromatic heterocycles. The molecule has 0 unspecified atom stereocenters. The summed E-state index contributed by atoms with van der Waals surface area (Å²) in [5, 5.41) is 1.33. The van der Waals surface area contributed by atoms with Crippen LogP contribution in [-0.4, -0.2) is 18.0 Å². The molecule has 0 fully saturated rings. The third-order valence-corrected chi connectivity index (χ3v) is 2.41. The van der Waals surface area contributed by atoms with E-state index in [9.17, 15) is 9.18 Å². The van der Waals surface area contributed by atoms with Crippen LogP contribution in [0.4, 0.5) is 4.39 Å². The molecule has 1 rings (SSSR count). The van der Waals surface area contributed by atoms with Crippen molar-refractivity contribution < 1.29 is 9.18 Å². The highest BCUT2D eigenvalue weighted by Crippen LogP contribution is 2.21. The number of halogens is 2. The monoisotopic (exact) mass is 230 g/mol. The zero-order chi connectivity index (χ0) is 11.6. The molecule has 0 atom stereocenters. The van der Waals surface area contributed by atoms with Crippen molar-refractivity contribution in [3.8, 4) is 0 Å². The van der Waals surface area contributed by atoms with E-state index in [0.29, 0.717) is 16.1 Å². The van der Waals surface area contributed by atoms with Gasteiger partial charge in [-0.3, -0.25) is 9.80 Å². The minimum absolute atomic E-state index is 0.00301. The Hall–Kier alpha value is -1.13. The molecule has 82 valence electrons. The van der Waals surface area contributed by atoms with E-state index in [0.717, 1.165) is 5.01 Å². The minimum atomic E-state index is -0.373. The molecule has 0 aliphatic heterocycles. The van der Waals surface area contributed by atoms with E-state index in [2.05, 4.69) is 0 Å². The fourth-order valence-electron chi connectivity index (χ4n) is 1.11. The van der Waals surface area contributed by atoms with Crippen LogP contribution in [0.2, 0.25) is 5.02 Å². The Morgan fingerprint density at radius 2 is 2.20 bits per heavy atom. The van der Waals surface area contributed by atoms with E-state index in [-0.39, 0.29) is 18.1 Å². The van der Waals surface area contributed by atoms with E-state index in [1.165, 1.54) is 19.2 Å². The molecule has 0 radical (unpaired) electrons. The van der Waals surface area contributed by atoms with Crippen LogP contribution in [0.5, 0.6) is 0 Å². The lowest BCUT2D eigenvalue weighted by Gasteiger charge is -2.11. The highest BCUT2D eigenvalue weighted by Gasteiger charge is 2.11. The van der Waals surface area contributed by atoms with Gasteiger partial charge in [-0.15, -0.1) is 0 Å². The number of likely N-dealkylation sites (N-methyl/N-ethyl adjacent to an activating group) is 1. The van der Waals surface area contributed by atoms with Crippen LogP contribution >= 0.6 is 11.6 Å². The van der Waals surface area contributed by atoms with Gasteiger partial charge < -0.3 is 0 Å². The Labute approximate surface area is 92.6 Å². The van der Waals surface area contributed by atoms with Crippen LogP contribution < -0.4 is 5.84 Å². The van der Waals surface area contributed by atoms with Gasteiger partial charge in [0.25, 0.3) is 0 Å². The molecule has 15 heavy (non-hydrogen) atoms. The zero-order valence-electron chi connectivity index (χ0n) is 8.55. The third kappa shape index (κ3) is 2.91. The molecule has 0 saturated heterocycles. The molecule has 0 spiro atoms. The number of hydrogen-bond donors (Lipinski definition) is 1. The van der Waals surface area contributed by atoms with Gasteiger partial charge in [0.1, 0.15) is 5.82 Å². The standard InChI is InChI=1S/C10H12ClFN2O/c1-6-3-8(11)7(4-9(6)12)5-10(15)14(2)13/h3-4H,5,13H2,1-2H3. The molecule has 0 bridgehead atoms. The van der Waals surface area contributed by atoms with Crippen LogP contribution in [-0.2, 0) is 11.2 Å². The lowest BCUT2D eigenvalue weighted by Crippen LogP contribution is -2.34. The van der Waals surface area contributed by atoms with Crippen LogP contribution in [0.25, 0.3) is 0 Å². The number of amides is 1. The quantitative estimate of drug-likeness (QED) is 0.477. The van der Waals surface area contributed by atoms with Gasteiger partial charge in [-0.05, 0) is 30.2 Å². The van der Waals surface area contributed by atoms with Crippen molar-refractivity contribution in [2.24, 2.45) is 5.84 Å². The van der Waals surface area contributed by atoms with Gasteiger partial charge in [0.05, 0.1) is 6.42 Å².